The Labute approximate surface area is 531 Å². The summed E-state index contributed by atoms with van der Waals surface area (Å²) in [6, 6.07) is 8.48. The first-order chi connectivity index (χ1) is 40.4. The van der Waals surface area contributed by atoms with Crippen LogP contribution >= 0.6 is 0 Å². The van der Waals surface area contributed by atoms with E-state index in [2.05, 4.69) is 127 Å². The molecule has 9 nitrogen and oxygen atoms in total. The summed E-state index contributed by atoms with van der Waals surface area (Å²) in [6.45, 7) is 47.6. The molecule has 500 valence electrons. The number of ketones is 7. The minimum atomic E-state index is -0.722. The molecule has 86 heavy (non-hydrogen) atoms. The van der Waals surface area contributed by atoms with Crippen LogP contribution < -0.4 is 0 Å². The summed E-state index contributed by atoms with van der Waals surface area (Å²) in [6.07, 6.45) is 23.1. The molecular weight excluding hydrogens is 1070 g/mol. The number of aliphatic hydroxyl groups is 2. The standard InChI is InChI=1S/C52H86O9.C8H10.2C4H10.C4H8.C3H8.C2H6/c1-7-44(51(60)25-14-10-12-23-50(59)36-46(37-53)41(6)55)21-16-18-22-47(56)31-32-48(57)30-29-43-28-27-42(34-43)20-11-8-9-13-26-52(61)45(33-38(2)3)35-49(58)24-17-15-19-39(4)40(5)54;1-7-3-5-8(2)6-4-7;3*1-4(2)3;1-3-2;1-2/h7,38,41-46,53,55H,1,4,8-37H2,2-3,5-6H3;3-6H,1-2H3;2*4H,1-3H3;1H2,2-3H3;3H2,1-2H3;1-2H3. The zero-order chi connectivity index (χ0) is 67.0. The van der Waals surface area contributed by atoms with Crippen LogP contribution in [-0.4, -0.2) is 63.4 Å². The van der Waals surface area contributed by atoms with Crippen molar-refractivity contribution in [2.45, 2.75) is 323 Å². The normalized spacial score (nSPS) is 14.4. The van der Waals surface area contributed by atoms with E-state index in [-0.39, 0.29) is 65.3 Å². The first-order valence-electron chi connectivity index (χ1n) is 34.3. The average Bonchev–Trinajstić information content (AvgIpc) is 3.99. The van der Waals surface area contributed by atoms with Gasteiger partial charge in [0.25, 0.3) is 0 Å². The molecule has 0 spiro atoms. The zero-order valence-corrected chi connectivity index (χ0v) is 59.4. The van der Waals surface area contributed by atoms with Crippen LogP contribution in [0.25, 0.3) is 0 Å². The van der Waals surface area contributed by atoms with Crippen molar-refractivity contribution < 1.29 is 43.8 Å². The van der Waals surface area contributed by atoms with Crippen LogP contribution in [-0.2, 0) is 33.6 Å². The van der Waals surface area contributed by atoms with Crippen molar-refractivity contribution in [1.82, 2.24) is 0 Å². The zero-order valence-electron chi connectivity index (χ0n) is 59.4. The highest BCUT2D eigenvalue weighted by molar-refractivity contribution is 5.92. The van der Waals surface area contributed by atoms with Gasteiger partial charge in [-0.2, -0.15) is 0 Å². The summed E-state index contributed by atoms with van der Waals surface area (Å²) >= 11 is 0. The van der Waals surface area contributed by atoms with Gasteiger partial charge in [-0.1, -0.05) is 194 Å². The Kier molecular flexibility index (Phi) is 64.7. The number of Topliss-reactive ketones (excluding diaryl/α,β-unsaturated/α-hetero) is 7. The third kappa shape index (κ3) is 64.5. The van der Waals surface area contributed by atoms with E-state index in [1.165, 1.54) is 55.7 Å². The Morgan fingerprint density at radius 2 is 0.930 bits per heavy atom. The van der Waals surface area contributed by atoms with Crippen LogP contribution in [0, 0.1) is 61.2 Å². The summed E-state index contributed by atoms with van der Waals surface area (Å²) in [7, 11) is 0. The maximum Gasteiger partial charge on any atom is 0.155 e. The van der Waals surface area contributed by atoms with Gasteiger partial charge in [-0.3, -0.25) is 33.6 Å². The molecule has 1 saturated carbocycles. The van der Waals surface area contributed by atoms with Gasteiger partial charge < -0.3 is 10.2 Å². The minimum Gasteiger partial charge on any atom is -0.396 e. The van der Waals surface area contributed by atoms with Gasteiger partial charge in [-0.25, -0.2) is 0 Å². The highest BCUT2D eigenvalue weighted by atomic mass is 16.3. The van der Waals surface area contributed by atoms with E-state index in [9.17, 15) is 43.8 Å². The van der Waals surface area contributed by atoms with E-state index in [0.717, 1.165) is 76.0 Å². The molecule has 1 aromatic carbocycles. The summed E-state index contributed by atoms with van der Waals surface area (Å²) in [5.41, 5.74) is 4.43. The Morgan fingerprint density at radius 1 is 0.547 bits per heavy atom. The van der Waals surface area contributed by atoms with E-state index < -0.39 is 12.0 Å². The number of rotatable bonds is 41. The van der Waals surface area contributed by atoms with Gasteiger partial charge in [0.05, 0.1) is 6.10 Å². The molecule has 1 aromatic rings. The fraction of sp³-hybridized carbons (Fsp3) is 0.753. The fourth-order valence-electron chi connectivity index (χ4n) is 9.50. The van der Waals surface area contributed by atoms with Crippen molar-refractivity contribution in [2.75, 3.05) is 6.61 Å². The first-order valence-corrected chi connectivity index (χ1v) is 34.3. The molecule has 0 aromatic heterocycles. The lowest BCUT2D eigenvalue weighted by Gasteiger charge is -2.17. The number of hydrogen-bond acceptors (Lipinski definition) is 9. The van der Waals surface area contributed by atoms with Crippen molar-refractivity contribution in [1.29, 1.82) is 0 Å². The third-order valence-electron chi connectivity index (χ3n) is 14.2. The van der Waals surface area contributed by atoms with Gasteiger partial charge in [0, 0.05) is 88.6 Å². The molecule has 1 fully saturated rings. The van der Waals surface area contributed by atoms with Crippen LogP contribution in [0.1, 0.15) is 315 Å². The molecule has 0 aliphatic heterocycles. The number of unbranched alkanes of at least 4 members (excludes halogenated alkanes) is 7. The van der Waals surface area contributed by atoms with Crippen molar-refractivity contribution in [3.8, 4) is 0 Å². The summed E-state index contributed by atoms with van der Waals surface area (Å²) in [5, 5.41) is 18.9. The highest BCUT2D eigenvalue weighted by Crippen LogP contribution is 2.37. The van der Waals surface area contributed by atoms with Crippen LogP contribution in [0.2, 0.25) is 0 Å². The lowest BCUT2D eigenvalue weighted by atomic mass is 9.86. The Hall–Kier alpha value is -3.95. The van der Waals surface area contributed by atoms with Gasteiger partial charge in [-0.15, -0.1) is 13.2 Å². The number of hydrogen-bond donors (Lipinski definition) is 2. The predicted molar refractivity (Wildman–Crippen MR) is 370 cm³/mol. The van der Waals surface area contributed by atoms with Gasteiger partial charge in [0.15, 0.2) is 5.78 Å². The molecule has 0 saturated heterocycles. The average molecular weight is 1210 g/mol. The first kappa shape index (κ1) is 90.8. The van der Waals surface area contributed by atoms with Crippen LogP contribution in [0.3, 0.4) is 0 Å². The maximum absolute atomic E-state index is 13.1. The summed E-state index contributed by atoms with van der Waals surface area (Å²) < 4.78 is 0. The lowest BCUT2D eigenvalue weighted by Crippen LogP contribution is -2.23. The molecule has 6 unspecified atom stereocenters. The Bertz CT molecular complexity index is 1870. The van der Waals surface area contributed by atoms with Crippen molar-refractivity contribution >= 4 is 40.5 Å². The van der Waals surface area contributed by atoms with Gasteiger partial charge in [0.2, 0.25) is 0 Å². The van der Waals surface area contributed by atoms with Crippen molar-refractivity contribution in [2.24, 2.45) is 47.3 Å². The van der Waals surface area contributed by atoms with E-state index in [4.69, 9.17) is 0 Å². The highest BCUT2D eigenvalue weighted by Gasteiger charge is 2.26. The van der Waals surface area contributed by atoms with E-state index >= 15 is 0 Å². The SMILES string of the molecule is C=C(C)C.C=CC(CCCCC(=O)CCC(=O)CCC1CCC(CCCCCCC(=O)C(CC(=O)CCCCC(=C)C(C)=O)CC(C)C)C1)C(=O)CCCCCC(=O)CC(CO)C(C)O.CC.CC(C)C.CC(C)C.CCC.Cc1ccc(C)cc1. The number of aliphatic hydroxyl groups excluding tert-OH is 2. The molecular formula is C77H138O9. The van der Waals surface area contributed by atoms with Gasteiger partial charge in [0.1, 0.15) is 34.7 Å². The van der Waals surface area contributed by atoms with E-state index in [0.29, 0.717) is 113 Å². The number of benzene rings is 1. The predicted octanol–water partition coefficient (Wildman–Crippen LogP) is 20.8. The second-order valence-corrected chi connectivity index (χ2v) is 26.6. The number of aryl methyl sites for hydroxylation is 2. The second kappa shape index (κ2) is 61.3. The molecule has 2 N–H and O–H groups in total. The van der Waals surface area contributed by atoms with E-state index in [1.807, 2.05) is 27.7 Å². The Balaban J connectivity index is -0.000000726. The van der Waals surface area contributed by atoms with E-state index in [1.54, 1.807) is 13.0 Å². The fourth-order valence-corrected chi connectivity index (χ4v) is 9.50. The quantitative estimate of drug-likeness (QED) is 0.0370. The summed E-state index contributed by atoms with van der Waals surface area (Å²) in [5.74, 6) is 3.28. The minimum absolute atomic E-state index is 0.000665. The topological polar surface area (TPSA) is 160 Å². The molecule has 2 rings (SSSR count). The molecule has 9 heteroatoms. The van der Waals surface area contributed by atoms with Crippen molar-refractivity contribution in [3.05, 3.63) is 72.4 Å². The molecule has 1 aliphatic rings. The third-order valence-corrected chi connectivity index (χ3v) is 14.2. The molecule has 0 amide bonds. The van der Waals surface area contributed by atoms with Gasteiger partial charge in [-0.05, 0) is 147 Å². The van der Waals surface area contributed by atoms with Gasteiger partial charge >= 0.3 is 0 Å². The molecule has 1 aliphatic carbocycles. The molecule has 0 bridgehead atoms. The molecule has 0 radical (unpaired) electrons. The summed E-state index contributed by atoms with van der Waals surface area (Å²) in [4.78, 5) is 87.0. The van der Waals surface area contributed by atoms with Crippen LogP contribution in [0.4, 0.5) is 0 Å². The number of carbonyl (C=O) groups is 7. The largest absolute Gasteiger partial charge is 0.396 e. The molecule has 6 atom stereocenters. The smallest absolute Gasteiger partial charge is 0.155 e. The Morgan fingerprint density at radius 3 is 1.38 bits per heavy atom. The van der Waals surface area contributed by atoms with Crippen LogP contribution in [0.15, 0.2) is 61.2 Å². The maximum atomic E-state index is 13.1. The van der Waals surface area contributed by atoms with Crippen LogP contribution in [0.5, 0.6) is 0 Å². The number of allylic oxidation sites excluding steroid dienone is 3. The monoisotopic (exact) mass is 1210 g/mol. The van der Waals surface area contributed by atoms with Crippen molar-refractivity contribution in [3.63, 3.8) is 0 Å². The molecule has 0 heterocycles. The number of carbonyl (C=O) groups excluding carboxylic acids is 7. The lowest BCUT2D eigenvalue weighted by molar-refractivity contribution is -0.128. The second-order valence-electron chi connectivity index (χ2n) is 26.6.